The molecule has 0 atom stereocenters. The Morgan fingerprint density at radius 1 is 0.765 bits per heavy atom. The van der Waals surface area contributed by atoms with Crippen molar-refractivity contribution in [2.75, 3.05) is 0 Å². The maximum Gasteiger partial charge on any atom is 0.261 e. The van der Waals surface area contributed by atoms with Crippen LogP contribution in [0.15, 0.2) is 98.9 Å². The maximum absolute atomic E-state index is 12.7. The first kappa shape index (κ1) is 19.7. The Balaban J connectivity index is 1.27. The van der Waals surface area contributed by atoms with Crippen LogP contribution in [0.2, 0.25) is 0 Å². The summed E-state index contributed by atoms with van der Waals surface area (Å²) in [5.41, 5.74) is 2.74. The third kappa shape index (κ3) is 3.65. The Labute approximate surface area is 192 Å². The third-order valence-electron chi connectivity index (χ3n) is 5.31. The molecular formula is C25H16N6O3. The molecule has 3 aromatic carbocycles. The zero-order valence-electron chi connectivity index (χ0n) is 17.7. The van der Waals surface area contributed by atoms with Gasteiger partial charge in [-0.3, -0.25) is 9.36 Å². The summed E-state index contributed by atoms with van der Waals surface area (Å²) in [6.45, 7) is 0.143. The molecule has 3 heterocycles. The molecule has 0 radical (unpaired) electrons. The number of rotatable bonds is 5. The van der Waals surface area contributed by atoms with Gasteiger partial charge in [0.05, 0.1) is 23.8 Å². The summed E-state index contributed by atoms with van der Waals surface area (Å²) < 4.78 is 12.8. The van der Waals surface area contributed by atoms with E-state index in [2.05, 4.69) is 25.3 Å². The van der Waals surface area contributed by atoms with Crippen LogP contribution < -0.4 is 5.56 Å². The Morgan fingerprint density at radius 2 is 1.47 bits per heavy atom. The molecule has 0 aliphatic heterocycles. The number of fused-ring (bicyclic) bond motifs is 1. The topological polar surface area (TPSA) is 113 Å². The second kappa shape index (κ2) is 8.21. The summed E-state index contributed by atoms with van der Waals surface area (Å²) in [6, 6.07) is 24.1. The smallest absolute Gasteiger partial charge is 0.261 e. The molecule has 0 spiro atoms. The summed E-state index contributed by atoms with van der Waals surface area (Å²) >= 11 is 0. The molecule has 0 saturated carbocycles. The van der Waals surface area contributed by atoms with E-state index in [0.717, 1.165) is 11.1 Å². The maximum atomic E-state index is 12.7. The van der Waals surface area contributed by atoms with Crippen molar-refractivity contribution in [1.29, 1.82) is 0 Å². The summed E-state index contributed by atoms with van der Waals surface area (Å²) in [5, 5.41) is 12.9. The highest BCUT2D eigenvalue weighted by molar-refractivity contribution is 5.76. The van der Waals surface area contributed by atoms with Gasteiger partial charge >= 0.3 is 0 Å². The van der Waals surface area contributed by atoms with Crippen LogP contribution in [0, 0.1) is 0 Å². The molecule has 0 unspecified atom stereocenters. The predicted molar refractivity (Wildman–Crippen MR) is 124 cm³/mol. The highest BCUT2D eigenvalue weighted by Crippen LogP contribution is 2.27. The lowest BCUT2D eigenvalue weighted by molar-refractivity contribution is 0.420. The van der Waals surface area contributed by atoms with E-state index < -0.39 is 0 Å². The predicted octanol–water partition coefficient (Wildman–Crippen LogP) is 4.21. The van der Waals surface area contributed by atoms with E-state index in [-0.39, 0.29) is 12.1 Å². The average Bonchev–Trinajstić information content (AvgIpc) is 3.57. The molecule has 0 N–H and O–H groups in total. The van der Waals surface area contributed by atoms with E-state index in [1.165, 1.54) is 10.9 Å². The molecule has 0 aliphatic carbocycles. The van der Waals surface area contributed by atoms with Crippen molar-refractivity contribution < 1.29 is 8.94 Å². The summed E-state index contributed by atoms with van der Waals surface area (Å²) in [7, 11) is 0. The second-order valence-electron chi connectivity index (χ2n) is 7.57. The molecule has 9 nitrogen and oxygen atoms in total. The Hall–Kier alpha value is -4.92. The minimum atomic E-state index is -0.162. The minimum Gasteiger partial charge on any atom is -0.416 e. The third-order valence-corrected chi connectivity index (χ3v) is 5.31. The van der Waals surface area contributed by atoms with Crippen molar-refractivity contribution in [3.05, 3.63) is 101 Å². The van der Waals surface area contributed by atoms with Gasteiger partial charge in [-0.05, 0) is 42.5 Å². The van der Waals surface area contributed by atoms with Gasteiger partial charge in [0.2, 0.25) is 11.8 Å². The summed E-state index contributed by atoms with van der Waals surface area (Å²) in [4.78, 5) is 21.5. The van der Waals surface area contributed by atoms with Crippen LogP contribution in [-0.4, -0.2) is 29.9 Å². The van der Waals surface area contributed by atoms with E-state index in [1.54, 1.807) is 18.2 Å². The van der Waals surface area contributed by atoms with Crippen molar-refractivity contribution in [2.45, 2.75) is 6.54 Å². The first-order valence-corrected chi connectivity index (χ1v) is 10.5. The molecule has 0 saturated heterocycles. The van der Waals surface area contributed by atoms with Crippen LogP contribution in [0.4, 0.5) is 0 Å². The van der Waals surface area contributed by atoms with Crippen molar-refractivity contribution in [3.63, 3.8) is 0 Å². The van der Waals surface area contributed by atoms with Gasteiger partial charge in [-0.25, -0.2) is 4.98 Å². The molecule has 6 aromatic rings. The minimum absolute atomic E-state index is 0.143. The molecule has 0 aliphatic rings. The van der Waals surface area contributed by atoms with Crippen LogP contribution in [0.1, 0.15) is 5.82 Å². The first-order valence-electron chi connectivity index (χ1n) is 10.5. The van der Waals surface area contributed by atoms with E-state index in [1.807, 2.05) is 60.7 Å². The van der Waals surface area contributed by atoms with Crippen LogP contribution in [0.5, 0.6) is 0 Å². The quantitative estimate of drug-likeness (QED) is 0.385. The fourth-order valence-electron chi connectivity index (χ4n) is 3.63. The van der Waals surface area contributed by atoms with Gasteiger partial charge in [-0.1, -0.05) is 41.6 Å². The lowest BCUT2D eigenvalue weighted by atomic mass is 10.1. The van der Waals surface area contributed by atoms with Crippen molar-refractivity contribution in [2.24, 2.45) is 0 Å². The van der Waals surface area contributed by atoms with E-state index in [0.29, 0.717) is 40.0 Å². The van der Waals surface area contributed by atoms with Gasteiger partial charge in [0, 0.05) is 16.7 Å². The van der Waals surface area contributed by atoms with E-state index >= 15 is 0 Å². The standard InChI is InChI=1S/C25H16N6O3/c32-25-19-11-4-5-12-20(19)26-15-31(25)14-21-27-22(34-30-21)17-9-6-10-18(13-17)24-29-28-23(33-24)16-7-2-1-3-8-16/h1-13,15H,14H2. The fraction of sp³-hybridized carbons (Fsp3) is 0.0400. The molecule has 0 bridgehead atoms. The van der Waals surface area contributed by atoms with E-state index in [4.69, 9.17) is 8.94 Å². The number of para-hydroxylation sites is 1. The Bertz CT molecular complexity index is 1670. The number of aromatic nitrogens is 6. The zero-order valence-corrected chi connectivity index (χ0v) is 17.7. The van der Waals surface area contributed by atoms with Gasteiger partial charge in [-0.15, -0.1) is 10.2 Å². The monoisotopic (exact) mass is 448 g/mol. The van der Waals surface area contributed by atoms with Gasteiger partial charge in [0.25, 0.3) is 11.4 Å². The first-order chi connectivity index (χ1) is 16.7. The molecule has 164 valence electrons. The van der Waals surface area contributed by atoms with Crippen LogP contribution in [-0.2, 0) is 6.54 Å². The van der Waals surface area contributed by atoms with Gasteiger partial charge in [0.15, 0.2) is 5.82 Å². The molecule has 3 aromatic heterocycles. The summed E-state index contributed by atoms with van der Waals surface area (Å²) in [6.07, 6.45) is 1.49. The van der Waals surface area contributed by atoms with Crippen molar-refractivity contribution >= 4 is 10.9 Å². The molecular weight excluding hydrogens is 432 g/mol. The molecule has 0 amide bonds. The van der Waals surface area contributed by atoms with Crippen molar-refractivity contribution in [1.82, 2.24) is 29.9 Å². The van der Waals surface area contributed by atoms with E-state index in [9.17, 15) is 4.79 Å². The fourth-order valence-corrected chi connectivity index (χ4v) is 3.63. The molecule has 9 heteroatoms. The molecule has 0 fully saturated rings. The highest BCUT2D eigenvalue weighted by Gasteiger charge is 2.15. The van der Waals surface area contributed by atoms with Gasteiger partial charge < -0.3 is 8.94 Å². The Kier molecular flexibility index (Phi) is 4.77. The Morgan fingerprint density at radius 3 is 2.32 bits per heavy atom. The zero-order chi connectivity index (χ0) is 22.9. The largest absolute Gasteiger partial charge is 0.416 e. The molecule has 34 heavy (non-hydrogen) atoms. The van der Waals surface area contributed by atoms with Crippen LogP contribution >= 0.6 is 0 Å². The van der Waals surface area contributed by atoms with Crippen molar-refractivity contribution in [3.8, 4) is 34.4 Å². The molecule has 6 rings (SSSR count). The second-order valence-corrected chi connectivity index (χ2v) is 7.57. The highest BCUT2D eigenvalue weighted by atomic mass is 16.5. The average molecular weight is 448 g/mol. The van der Waals surface area contributed by atoms with Crippen LogP contribution in [0.25, 0.3) is 45.3 Å². The number of benzene rings is 3. The number of nitrogens with zero attached hydrogens (tertiary/aromatic N) is 6. The number of hydrogen-bond donors (Lipinski definition) is 0. The lowest BCUT2D eigenvalue weighted by Gasteiger charge is -2.03. The van der Waals surface area contributed by atoms with Gasteiger partial charge in [0.1, 0.15) is 0 Å². The lowest BCUT2D eigenvalue weighted by Crippen LogP contribution is -2.21. The number of hydrogen-bond acceptors (Lipinski definition) is 8. The summed E-state index contributed by atoms with van der Waals surface area (Å²) in [5.74, 6) is 1.51. The van der Waals surface area contributed by atoms with Crippen LogP contribution in [0.3, 0.4) is 0 Å². The SMILES string of the molecule is O=c1c2ccccc2ncn1Cc1noc(-c2cccc(-c3nnc(-c4ccccc4)o3)c2)n1. The normalized spacial score (nSPS) is 11.2. The van der Waals surface area contributed by atoms with Gasteiger partial charge in [-0.2, -0.15) is 4.98 Å².